The van der Waals surface area contributed by atoms with E-state index in [9.17, 15) is 8.42 Å². The van der Waals surface area contributed by atoms with Gasteiger partial charge in [-0.2, -0.15) is 10.1 Å². The van der Waals surface area contributed by atoms with Crippen molar-refractivity contribution in [3.63, 3.8) is 0 Å². The fourth-order valence-electron chi connectivity index (χ4n) is 1.56. The van der Waals surface area contributed by atoms with Crippen molar-refractivity contribution in [2.24, 2.45) is 5.14 Å². The van der Waals surface area contributed by atoms with Gasteiger partial charge in [0.1, 0.15) is 0 Å². The molecule has 0 saturated heterocycles. The number of H-pyrrole nitrogens is 1. The molecule has 0 bridgehead atoms. The van der Waals surface area contributed by atoms with Gasteiger partial charge in [-0.3, -0.25) is 0 Å². The molecular formula is C10H12N4O4S. The van der Waals surface area contributed by atoms with E-state index in [2.05, 4.69) is 15.2 Å². The van der Waals surface area contributed by atoms with E-state index in [0.717, 1.165) is 0 Å². The molecule has 1 heterocycles. The van der Waals surface area contributed by atoms with Gasteiger partial charge in [0, 0.05) is 0 Å². The molecule has 0 saturated carbocycles. The van der Waals surface area contributed by atoms with Gasteiger partial charge in [-0.05, 0) is 12.1 Å². The predicted molar refractivity (Wildman–Crippen MR) is 66.3 cm³/mol. The summed E-state index contributed by atoms with van der Waals surface area (Å²) in [4.78, 5) is 3.82. The number of nitrogens with zero attached hydrogens (tertiary/aromatic N) is 2. The number of aromatic amines is 1. The number of hydrogen-bond donors (Lipinski definition) is 2. The van der Waals surface area contributed by atoms with Crippen molar-refractivity contribution in [3.05, 3.63) is 18.2 Å². The Balaban J connectivity index is 2.56. The van der Waals surface area contributed by atoms with Crippen LogP contribution in [0.4, 0.5) is 0 Å². The molecule has 102 valence electrons. The van der Waals surface area contributed by atoms with E-state index in [0.29, 0.717) is 17.1 Å². The van der Waals surface area contributed by atoms with Crippen LogP contribution in [0.25, 0.3) is 11.4 Å². The van der Waals surface area contributed by atoms with Crippen molar-refractivity contribution >= 4 is 10.0 Å². The average Bonchev–Trinajstić information content (AvgIpc) is 2.86. The van der Waals surface area contributed by atoms with E-state index in [1.54, 1.807) is 18.2 Å². The molecule has 0 atom stereocenters. The molecule has 0 amide bonds. The smallest absolute Gasteiger partial charge is 0.273 e. The van der Waals surface area contributed by atoms with Crippen LogP contribution in [-0.4, -0.2) is 37.8 Å². The monoisotopic (exact) mass is 284 g/mol. The molecule has 3 N–H and O–H groups in total. The molecule has 0 unspecified atom stereocenters. The molecule has 0 radical (unpaired) electrons. The van der Waals surface area contributed by atoms with Crippen LogP contribution in [0, 0.1) is 0 Å². The van der Waals surface area contributed by atoms with E-state index < -0.39 is 15.2 Å². The van der Waals surface area contributed by atoms with Crippen LogP contribution in [0.2, 0.25) is 0 Å². The zero-order valence-electron chi connectivity index (χ0n) is 10.2. The summed E-state index contributed by atoms with van der Waals surface area (Å²) in [5.74, 6) is 1.05. The van der Waals surface area contributed by atoms with Crippen molar-refractivity contribution in [1.29, 1.82) is 0 Å². The zero-order valence-corrected chi connectivity index (χ0v) is 11.1. The summed E-state index contributed by atoms with van der Waals surface area (Å²) in [5, 5.41) is 10.6. The number of methoxy groups -OCH3 is 2. The molecule has 9 heteroatoms. The Bertz CT molecular complexity index is 695. The fraction of sp³-hybridized carbons (Fsp3) is 0.200. The summed E-state index contributed by atoms with van der Waals surface area (Å²) in [5.41, 5.74) is 0.494. The lowest BCUT2D eigenvalue weighted by Crippen LogP contribution is -2.13. The van der Waals surface area contributed by atoms with Crippen molar-refractivity contribution in [2.45, 2.75) is 5.16 Å². The standard InChI is InChI=1S/C10H12N4O4S/c1-17-7-5-3-4-6(8(7)18-2)9-12-10(14-13-9)19(11,15)16/h3-5H,1-2H3,(H2,11,15,16)(H,12,13,14). The summed E-state index contributed by atoms with van der Waals surface area (Å²) >= 11 is 0. The van der Waals surface area contributed by atoms with Gasteiger partial charge >= 0.3 is 0 Å². The number of ether oxygens (including phenoxy) is 2. The number of sulfonamides is 1. The second kappa shape index (κ2) is 4.86. The van der Waals surface area contributed by atoms with Gasteiger partial charge in [0.15, 0.2) is 17.3 Å². The minimum absolute atomic E-state index is 0.153. The SMILES string of the molecule is COc1cccc(-c2n[nH]c(S(N)(=O)=O)n2)c1OC. The molecule has 0 aliphatic rings. The number of aromatic nitrogens is 3. The van der Waals surface area contributed by atoms with Crippen LogP contribution in [-0.2, 0) is 10.0 Å². The maximum absolute atomic E-state index is 11.1. The molecule has 0 fully saturated rings. The minimum atomic E-state index is -3.93. The number of nitrogens with two attached hydrogens (primary N) is 1. The van der Waals surface area contributed by atoms with Crippen molar-refractivity contribution in [3.8, 4) is 22.9 Å². The molecule has 2 aromatic rings. The molecule has 0 spiro atoms. The highest BCUT2D eigenvalue weighted by atomic mass is 32.2. The lowest BCUT2D eigenvalue weighted by atomic mass is 10.2. The van der Waals surface area contributed by atoms with Gasteiger partial charge < -0.3 is 9.47 Å². The largest absolute Gasteiger partial charge is 0.493 e. The molecule has 1 aromatic heterocycles. The molecule has 2 rings (SSSR count). The van der Waals surface area contributed by atoms with Gasteiger partial charge in [-0.1, -0.05) is 6.07 Å². The zero-order chi connectivity index (χ0) is 14.0. The van der Waals surface area contributed by atoms with E-state index in [1.807, 2.05) is 0 Å². The molecular weight excluding hydrogens is 272 g/mol. The normalized spacial score (nSPS) is 11.3. The van der Waals surface area contributed by atoms with Gasteiger partial charge in [-0.25, -0.2) is 18.7 Å². The van der Waals surface area contributed by atoms with Gasteiger partial charge in [0.25, 0.3) is 15.2 Å². The second-order valence-electron chi connectivity index (χ2n) is 3.55. The van der Waals surface area contributed by atoms with Crippen molar-refractivity contribution in [2.75, 3.05) is 14.2 Å². The number of primary sulfonamides is 1. The van der Waals surface area contributed by atoms with Gasteiger partial charge in [0.2, 0.25) is 0 Å². The van der Waals surface area contributed by atoms with E-state index >= 15 is 0 Å². The molecule has 0 aliphatic carbocycles. The first-order valence-electron chi connectivity index (χ1n) is 5.14. The van der Waals surface area contributed by atoms with Crippen molar-refractivity contribution in [1.82, 2.24) is 15.2 Å². The van der Waals surface area contributed by atoms with E-state index in [-0.39, 0.29) is 5.82 Å². The fourth-order valence-corrected chi connectivity index (χ4v) is 1.94. The Hall–Kier alpha value is -2.13. The maximum Gasteiger partial charge on any atom is 0.273 e. The third kappa shape index (κ3) is 2.51. The van der Waals surface area contributed by atoms with Gasteiger partial charge in [-0.15, -0.1) is 0 Å². The predicted octanol–water partition coefficient (Wildman–Crippen LogP) is 0.136. The minimum Gasteiger partial charge on any atom is -0.493 e. The Labute approximate surface area is 109 Å². The summed E-state index contributed by atoms with van der Waals surface area (Å²) in [6.07, 6.45) is 0. The van der Waals surface area contributed by atoms with E-state index in [4.69, 9.17) is 14.6 Å². The van der Waals surface area contributed by atoms with Crippen LogP contribution < -0.4 is 14.6 Å². The van der Waals surface area contributed by atoms with Crippen molar-refractivity contribution < 1.29 is 17.9 Å². The Morgan fingerprint density at radius 3 is 2.53 bits per heavy atom. The van der Waals surface area contributed by atoms with Crippen LogP contribution in [0.3, 0.4) is 0 Å². The molecule has 8 nitrogen and oxygen atoms in total. The van der Waals surface area contributed by atoms with Crippen LogP contribution in [0.5, 0.6) is 11.5 Å². The summed E-state index contributed by atoms with van der Waals surface area (Å²) < 4.78 is 32.6. The highest BCUT2D eigenvalue weighted by molar-refractivity contribution is 7.89. The molecule has 19 heavy (non-hydrogen) atoms. The lowest BCUT2D eigenvalue weighted by Gasteiger charge is -2.09. The Kier molecular flexibility index (Phi) is 3.40. The highest BCUT2D eigenvalue weighted by Crippen LogP contribution is 2.36. The number of para-hydroxylation sites is 1. The Morgan fingerprint density at radius 2 is 2.00 bits per heavy atom. The first-order chi connectivity index (χ1) is 8.97. The van der Waals surface area contributed by atoms with Crippen LogP contribution >= 0.6 is 0 Å². The topological polar surface area (TPSA) is 120 Å². The van der Waals surface area contributed by atoms with E-state index in [1.165, 1.54) is 14.2 Å². The maximum atomic E-state index is 11.1. The Morgan fingerprint density at radius 1 is 1.26 bits per heavy atom. The number of hydrogen-bond acceptors (Lipinski definition) is 6. The quantitative estimate of drug-likeness (QED) is 0.823. The number of rotatable bonds is 4. The molecule has 1 aromatic carbocycles. The average molecular weight is 284 g/mol. The van der Waals surface area contributed by atoms with Crippen LogP contribution in [0.1, 0.15) is 0 Å². The highest BCUT2D eigenvalue weighted by Gasteiger charge is 2.19. The van der Waals surface area contributed by atoms with Gasteiger partial charge in [0.05, 0.1) is 19.8 Å². The van der Waals surface area contributed by atoms with Crippen LogP contribution in [0.15, 0.2) is 23.4 Å². The first-order valence-corrected chi connectivity index (χ1v) is 6.68. The third-order valence-corrected chi connectivity index (χ3v) is 3.10. The first kappa shape index (κ1) is 13.3. The summed E-state index contributed by atoms with van der Waals surface area (Å²) in [6.45, 7) is 0. The molecule has 0 aliphatic heterocycles. The third-order valence-electron chi connectivity index (χ3n) is 2.38. The second-order valence-corrected chi connectivity index (χ2v) is 5.03. The summed E-state index contributed by atoms with van der Waals surface area (Å²) in [7, 11) is -0.964. The lowest BCUT2D eigenvalue weighted by molar-refractivity contribution is 0.356. The number of nitrogens with one attached hydrogen (secondary N) is 1. The summed E-state index contributed by atoms with van der Waals surface area (Å²) in [6, 6.07) is 5.09. The number of benzene rings is 1.